The van der Waals surface area contributed by atoms with Gasteiger partial charge in [-0.05, 0) is 37.6 Å². The second-order valence-corrected chi connectivity index (χ2v) is 5.33. The highest BCUT2D eigenvalue weighted by molar-refractivity contribution is 6.31. The van der Waals surface area contributed by atoms with Gasteiger partial charge in [0.15, 0.2) is 0 Å². The summed E-state index contributed by atoms with van der Waals surface area (Å²) < 4.78 is 5.79. The number of aliphatic hydroxyl groups excluding tert-OH is 1. The predicted octanol–water partition coefficient (Wildman–Crippen LogP) is 4.15. The van der Waals surface area contributed by atoms with E-state index in [1.54, 1.807) is 25.1 Å². The molecule has 1 atom stereocenters. The van der Waals surface area contributed by atoms with E-state index < -0.39 is 6.10 Å². The Morgan fingerprint density at radius 2 is 2.05 bits per heavy atom. The van der Waals surface area contributed by atoms with Crippen LogP contribution in [0.25, 0.3) is 0 Å². The molecule has 0 aliphatic carbocycles. The van der Waals surface area contributed by atoms with Gasteiger partial charge < -0.3 is 9.84 Å². The van der Waals surface area contributed by atoms with Gasteiger partial charge in [-0.2, -0.15) is 5.26 Å². The second kappa shape index (κ2) is 6.62. The van der Waals surface area contributed by atoms with Gasteiger partial charge in [0.05, 0.1) is 17.7 Å². The van der Waals surface area contributed by atoms with Crippen molar-refractivity contribution >= 4 is 11.6 Å². The number of nitrogens with zero attached hydrogens (tertiary/aromatic N) is 1. The summed E-state index contributed by atoms with van der Waals surface area (Å²) in [7, 11) is 0. The molecule has 0 saturated carbocycles. The van der Waals surface area contributed by atoms with Crippen LogP contribution in [-0.2, 0) is 6.61 Å². The first kappa shape index (κ1) is 15.4. The molecule has 0 unspecified atom stereocenters. The number of hydrogen-bond donors (Lipinski definition) is 1. The van der Waals surface area contributed by atoms with Crippen LogP contribution < -0.4 is 4.74 Å². The van der Waals surface area contributed by atoms with Crippen molar-refractivity contribution in [3.05, 3.63) is 63.7 Å². The van der Waals surface area contributed by atoms with Crippen LogP contribution in [-0.4, -0.2) is 5.11 Å². The summed E-state index contributed by atoms with van der Waals surface area (Å²) in [5.41, 5.74) is 3.11. The number of benzene rings is 2. The lowest BCUT2D eigenvalue weighted by Crippen LogP contribution is -2.02. The summed E-state index contributed by atoms with van der Waals surface area (Å²) in [4.78, 5) is 0. The van der Waals surface area contributed by atoms with Gasteiger partial charge >= 0.3 is 0 Å². The Balaban J connectivity index is 2.20. The molecule has 0 aromatic heterocycles. The van der Waals surface area contributed by atoms with Crippen LogP contribution in [0.15, 0.2) is 36.4 Å². The normalized spacial score (nSPS) is 11.8. The third-order valence-electron chi connectivity index (χ3n) is 3.18. The average Bonchev–Trinajstić information content (AvgIpc) is 2.45. The minimum Gasteiger partial charge on any atom is -0.488 e. The van der Waals surface area contributed by atoms with Gasteiger partial charge in [-0.25, -0.2) is 0 Å². The fraction of sp³-hybridized carbons (Fsp3) is 0.235. The van der Waals surface area contributed by atoms with Gasteiger partial charge in [-0.3, -0.25) is 0 Å². The van der Waals surface area contributed by atoms with Crippen molar-refractivity contribution in [3.63, 3.8) is 0 Å². The highest BCUT2D eigenvalue weighted by Crippen LogP contribution is 2.28. The lowest BCUT2D eigenvalue weighted by atomic mass is 10.1. The zero-order valence-corrected chi connectivity index (χ0v) is 12.7. The second-order valence-electron chi connectivity index (χ2n) is 4.92. The summed E-state index contributed by atoms with van der Waals surface area (Å²) in [5, 5.41) is 19.1. The molecule has 0 saturated heterocycles. The summed E-state index contributed by atoms with van der Waals surface area (Å²) in [6, 6.07) is 12.8. The maximum absolute atomic E-state index is 9.77. The van der Waals surface area contributed by atoms with Gasteiger partial charge in [-0.1, -0.05) is 29.8 Å². The molecular formula is C17H16ClNO2. The van der Waals surface area contributed by atoms with Crippen molar-refractivity contribution in [1.29, 1.82) is 5.26 Å². The molecule has 0 aliphatic heterocycles. The molecule has 2 rings (SSSR count). The Bertz CT molecular complexity index is 690. The maximum Gasteiger partial charge on any atom is 0.125 e. The van der Waals surface area contributed by atoms with Crippen molar-refractivity contribution in [2.24, 2.45) is 0 Å². The van der Waals surface area contributed by atoms with Crippen molar-refractivity contribution < 1.29 is 9.84 Å². The van der Waals surface area contributed by atoms with Gasteiger partial charge in [0.2, 0.25) is 0 Å². The van der Waals surface area contributed by atoms with Crippen LogP contribution in [0.4, 0.5) is 0 Å². The smallest absolute Gasteiger partial charge is 0.125 e. The number of halogens is 1. The molecule has 21 heavy (non-hydrogen) atoms. The number of nitriles is 1. The minimum atomic E-state index is -0.600. The van der Waals surface area contributed by atoms with Crippen LogP contribution >= 0.6 is 11.6 Å². The Morgan fingerprint density at radius 3 is 2.67 bits per heavy atom. The fourth-order valence-electron chi connectivity index (χ4n) is 2.00. The number of aryl methyl sites for hydroxylation is 1. The van der Waals surface area contributed by atoms with E-state index in [1.165, 1.54) is 0 Å². The number of hydrogen-bond acceptors (Lipinski definition) is 3. The lowest BCUT2D eigenvalue weighted by Gasteiger charge is -2.15. The van der Waals surface area contributed by atoms with E-state index >= 15 is 0 Å². The maximum atomic E-state index is 9.77. The molecule has 4 heteroatoms. The summed E-state index contributed by atoms with van der Waals surface area (Å²) in [6.07, 6.45) is -0.600. The fourth-order valence-corrected chi connectivity index (χ4v) is 2.24. The molecule has 0 radical (unpaired) electrons. The Kier molecular flexibility index (Phi) is 4.85. The van der Waals surface area contributed by atoms with E-state index in [0.717, 1.165) is 16.7 Å². The topological polar surface area (TPSA) is 53.2 Å². The third-order valence-corrected chi connectivity index (χ3v) is 3.54. The molecule has 3 nitrogen and oxygen atoms in total. The van der Waals surface area contributed by atoms with Crippen LogP contribution in [0.1, 0.15) is 35.3 Å². The molecule has 2 aromatic rings. The SMILES string of the molecule is Cc1ccc([C@H](C)O)c(OCc2ccc(C#N)cc2Cl)c1. The first-order valence-electron chi connectivity index (χ1n) is 6.61. The zero-order chi connectivity index (χ0) is 15.4. The summed E-state index contributed by atoms with van der Waals surface area (Å²) >= 11 is 6.13. The van der Waals surface area contributed by atoms with Gasteiger partial charge in [0, 0.05) is 16.1 Å². The third kappa shape index (κ3) is 3.75. The quantitative estimate of drug-likeness (QED) is 0.923. The van der Waals surface area contributed by atoms with Crippen molar-refractivity contribution in [2.75, 3.05) is 0 Å². The number of rotatable bonds is 4. The van der Waals surface area contributed by atoms with E-state index in [0.29, 0.717) is 16.3 Å². The highest BCUT2D eigenvalue weighted by atomic mass is 35.5. The van der Waals surface area contributed by atoms with Crippen LogP contribution in [0.5, 0.6) is 5.75 Å². The van der Waals surface area contributed by atoms with E-state index in [-0.39, 0.29) is 6.61 Å². The largest absolute Gasteiger partial charge is 0.488 e. The molecular weight excluding hydrogens is 286 g/mol. The monoisotopic (exact) mass is 301 g/mol. The number of ether oxygens (including phenoxy) is 1. The van der Waals surface area contributed by atoms with E-state index in [2.05, 4.69) is 0 Å². The first-order chi connectivity index (χ1) is 10.0. The average molecular weight is 302 g/mol. The summed E-state index contributed by atoms with van der Waals surface area (Å²) in [6.45, 7) is 3.95. The minimum absolute atomic E-state index is 0.285. The molecule has 0 spiro atoms. The molecule has 1 N–H and O–H groups in total. The summed E-state index contributed by atoms with van der Waals surface area (Å²) in [5.74, 6) is 0.644. The Labute approximate surface area is 129 Å². The van der Waals surface area contributed by atoms with Crippen LogP contribution in [0.2, 0.25) is 5.02 Å². The molecule has 2 aromatic carbocycles. The molecule has 108 valence electrons. The van der Waals surface area contributed by atoms with Crippen LogP contribution in [0, 0.1) is 18.3 Å². The van der Waals surface area contributed by atoms with Crippen LogP contribution in [0.3, 0.4) is 0 Å². The van der Waals surface area contributed by atoms with Crippen molar-refractivity contribution in [3.8, 4) is 11.8 Å². The molecule has 0 amide bonds. The van der Waals surface area contributed by atoms with E-state index in [4.69, 9.17) is 21.6 Å². The van der Waals surface area contributed by atoms with Gasteiger partial charge in [0.1, 0.15) is 12.4 Å². The highest BCUT2D eigenvalue weighted by Gasteiger charge is 2.10. The van der Waals surface area contributed by atoms with E-state index in [9.17, 15) is 5.11 Å². The van der Waals surface area contributed by atoms with Gasteiger partial charge in [-0.15, -0.1) is 0 Å². The molecule has 0 bridgehead atoms. The van der Waals surface area contributed by atoms with Crippen molar-refractivity contribution in [1.82, 2.24) is 0 Å². The molecule has 0 heterocycles. The Hall–Kier alpha value is -2.02. The predicted molar refractivity (Wildman–Crippen MR) is 82.3 cm³/mol. The zero-order valence-electron chi connectivity index (χ0n) is 11.9. The molecule has 0 aliphatic rings. The lowest BCUT2D eigenvalue weighted by molar-refractivity contribution is 0.190. The standard InChI is InChI=1S/C17H16ClNO2/c1-11-3-6-15(12(2)20)17(7-11)21-10-14-5-4-13(9-19)8-16(14)18/h3-8,12,20H,10H2,1-2H3/t12-/m0/s1. The van der Waals surface area contributed by atoms with Gasteiger partial charge in [0.25, 0.3) is 0 Å². The van der Waals surface area contributed by atoms with Crippen molar-refractivity contribution in [2.45, 2.75) is 26.6 Å². The Morgan fingerprint density at radius 1 is 1.29 bits per heavy atom. The van der Waals surface area contributed by atoms with E-state index in [1.807, 2.05) is 31.2 Å². The number of aliphatic hydroxyl groups is 1. The first-order valence-corrected chi connectivity index (χ1v) is 6.99. The molecule has 0 fully saturated rings.